The molecule has 3 nitrogen and oxygen atoms in total. The van der Waals surface area contributed by atoms with Crippen molar-refractivity contribution in [3.05, 3.63) is 0 Å². The molecule has 0 saturated heterocycles. The van der Waals surface area contributed by atoms with Gasteiger partial charge in [-0.05, 0) is 32.1 Å². The molecule has 0 amide bonds. The van der Waals surface area contributed by atoms with Gasteiger partial charge in [-0.2, -0.15) is 5.48 Å². The zero-order chi connectivity index (χ0) is 10.7. The average molecular weight is 189 g/mol. The van der Waals surface area contributed by atoms with E-state index in [1.165, 1.54) is 0 Å². The number of aliphatic hydroxyl groups is 1. The molecule has 0 fully saturated rings. The third-order valence-electron chi connectivity index (χ3n) is 1.90. The third kappa shape index (κ3) is 6.99. The molecule has 3 N–H and O–H groups in total. The molecule has 13 heavy (non-hydrogen) atoms. The van der Waals surface area contributed by atoms with Gasteiger partial charge in [-0.3, -0.25) is 0 Å². The highest BCUT2D eigenvalue weighted by molar-refractivity contribution is 4.79. The lowest BCUT2D eigenvalue weighted by atomic mass is 9.85. The molecule has 1 unspecified atom stereocenters. The first-order valence-electron chi connectivity index (χ1n) is 4.76. The maximum atomic E-state index is 9.70. The molecule has 80 valence electrons. The fourth-order valence-corrected chi connectivity index (χ4v) is 1.41. The first-order valence-corrected chi connectivity index (χ1v) is 4.76. The third-order valence-corrected chi connectivity index (χ3v) is 1.90. The second-order valence-electron chi connectivity index (χ2n) is 5.62. The molecule has 0 rings (SSSR count). The summed E-state index contributed by atoms with van der Waals surface area (Å²) in [6, 6.07) is 0. The summed E-state index contributed by atoms with van der Waals surface area (Å²) in [5, 5.41) is 18.5. The van der Waals surface area contributed by atoms with Gasteiger partial charge in [0, 0.05) is 5.54 Å². The van der Waals surface area contributed by atoms with Crippen LogP contribution in [0.1, 0.15) is 47.5 Å². The van der Waals surface area contributed by atoms with Crippen molar-refractivity contribution >= 4 is 0 Å². The van der Waals surface area contributed by atoms with Gasteiger partial charge < -0.3 is 10.3 Å². The average Bonchev–Trinajstić information content (AvgIpc) is 1.81. The fourth-order valence-electron chi connectivity index (χ4n) is 1.41. The van der Waals surface area contributed by atoms with Crippen molar-refractivity contribution in [2.45, 2.75) is 59.1 Å². The summed E-state index contributed by atoms with van der Waals surface area (Å²) in [5.41, 5.74) is 1.92. The Bertz CT molecular complexity index is 149. The highest BCUT2D eigenvalue weighted by atomic mass is 16.5. The van der Waals surface area contributed by atoms with E-state index in [9.17, 15) is 5.11 Å². The van der Waals surface area contributed by atoms with Gasteiger partial charge in [-0.1, -0.05) is 20.8 Å². The Hall–Kier alpha value is -0.120. The van der Waals surface area contributed by atoms with Crippen molar-refractivity contribution in [2.24, 2.45) is 5.41 Å². The summed E-state index contributed by atoms with van der Waals surface area (Å²) < 4.78 is 0. The lowest BCUT2D eigenvalue weighted by Crippen LogP contribution is -2.40. The molecule has 0 heterocycles. The van der Waals surface area contributed by atoms with Crippen LogP contribution in [0.5, 0.6) is 0 Å². The maximum absolute atomic E-state index is 9.70. The molecule has 0 spiro atoms. The maximum Gasteiger partial charge on any atom is 0.0563 e. The minimum absolute atomic E-state index is 0.130. The molecule has 0 aromatic heterocycles. The number of hydroxylamine groups is 1. The number of rotatable bonds is 4. The highest BCUT2D eigenvalue weighted by Crippen LogP contribution is 2.24. The van der Waals surface area contributed by atoms with Gasteiger partial charge in [0.25, 0.3) is 0 Å². The zero-order valence-electron chi connectivity index (χ0n) is 9.39. The molecular formula is C10H23NO2. The number of hydrogen-bond acceptors (Lipinski definition) is 3. The van der Waals surface area contributed by atoms with Crippen LogP contribution in [-0.2, 0) is 0 Å². The van der Waals surface area contributed by atoms with Crippen LogP contribution < -0.4 is 5.48 Å². The predicted molar refractivity (Wildman–Crippen MR) is 53.7 cm³/mol. The van der Waals surface area contributed by atoms with Crippen LogP contribution in [0.2, 0.25) is 0 Å². The van der Waals surface area contributed by atoms with Crippen molar-refractivity contribution in [3.8, 4) is 0 Å². The minimum Gasteiger partial charge on any atom is -0.393 e. The molecule has 0 aliphatic rings. The monoisotopic (exact) mass is 189 g/mol. The molecular weight excluding hydrogens is 166 g/mol. The molecule has 0 bridgehead atoms. The SMILES string of the molecule is CC(C)(C)CC(O)CC(C)(C)NO. The molecule has 0 saturated carbocycles. The largest absolute Gasteiger partial charge is 0.393 e. The van der Waals surface area contributed by atoms with Crippen LogP contribution in [0.15, 0.2) is 0 Å². The molecule has 0 aliphatic carbocycles. The van der Waals surface area contributed by atoms with Gasteiger partial charge in [0.15, 0.2) is 0 Å². The van der Waals surface area contributed by atoms with Crippen LogP contribution in [0, 0.1) is 5.41 Å². The van der Waals surface area contributed by atoms with E-state index in [2.05, 4.69) is 26.3 Å². The van der Waals surface area contributed by atoms with E-state index in [0.29, 0.717) is 6.42 Å². The Morgan fingerprint density at radius 3 is 1.85 bits per heavy atom. The van der Waals surface area contributed by atoms with Crippen molar-refractivity contribution in [2.75, 3.05) is 0 Å². The summed E-state index contributed by atoms with van der Waals surface area (Å²) in [4.78, 5) is 0. The standard InChI is InChI=1S/C10H23NO2/c1-9(2,3)6-8(12)7-10(4,5)11-13/h8,11-13H,6-7H2,1-5H3. The number of hydrogen-bond donors (Lipinski definition) is 3. The van der Waals surface area contributed by atoms with Crippen molar-refractivity contribution in [1.82, 2.24) is 5.48 Å². The first kappa shape index (κ1) is 12.9. The quantitative estimate of drug-likeness (QED) is 0.592. The Balaban J connectivity index is 3.94. The minimum atomic E-state index is -0.412. The highest BCUT2D eigenvalue weighted by Gasteiger charge is 2.24. The predicted octanol–water partition coefficient (Wildman–Crippen LogP) is 1.93. The van der Waals surface area contributed by atoms with Crippen LogP contribution >= 0.6 is 0 Å². The Labute approximate surface area is 81.1 Å². The van der Waals surface area contributed by atoms with E-state index in [4.69, 9.17) is 5.21 Å². The van der Waals surface area contributed by atoms with Crippen molar-refractivity contribution in [1.29, 1.82) is 0 Å². The fraction of sp³-hybridized carbons (Fsp3) is 1.00. The van der Waals surface area contributed by atoms with E-state index in [1.54, 1.807) is 0 Å². The molecule has 0 aromatic rings. The van der Waals surface area contributed by atoms with Gasteiger partial charge >= 0.3 is 0 Å². The van der Waals surface area contributed by atoms with E-state index in [-0.39, 0.29) is 11.5 Å². The van der Waals surface area contributed by atoms with Crippen LogP contribution in [-0.4, -0.2) is 22.0 Å². The van der Waals surface area contributed by atoms with E-state index < -0.39 is 5.54 Å². The Morgan fingerprint density at radius 2 is 1.54 bits per heavy atom. The van der Waals surface area contributed by atoms with Gasteiger partial charge in [-0.25, -0.2) is 0 Å². The van der Waals surface area contributed by atoms with Crippen molar-refractivity contribution < 1.29 is 10.3 Å². The zero-order valence-corrected chi connectivity index (χ0v) is 9.39. The summed E-state index contributed by atoms with van der Waals surface area (Å²) in [6.45, 7) is 10.00. The van der Waals surface area contributed by atoms with Crippen LogP contribution in [0.3, 0.4) is 0 Å². The van der Waals surface area contributed by atoms with Gasteiger partial charge in [0.05, 0.1) is 6.10 Å². The van der Waals surface area contributed by atoms with Gasteiger partial charge in [-0.15, -0.1) is 0 Å². The molecule has 1 atom stereocenters. The normalized spacial score (nSPS) is 15.9. The van der Waals surface area contributed by atoms with Crippen molar-refractivity contribution in [3.63, 3.8) is 0 Å². The smallest absolute Gasteiger partial charge is 0.0563 e. The van der Waals surface area contributed by atoms with E-state index in [0.717, 1.165) is 6.42 Å². The summed E-state index contributed by atoms with van der Waals surface area (Å²) in [5.74, 6) is 0. The summed E-state index contributed by atoms with van der Waals surface area (Å²) >= 11 is 0. The lowest BCUT2D eigenvalue weighted by molar-refractivity contribution is 0.0273. The second-order valence-corrected chi connectivity index (χ2v) is 5.62. The molecule has 3 heteroatoms. The summed E-state index contributed by atoms with van der Waals surface area (Å²) in [6.07, 6.45) is 0.938. The van der Waals surface area contributed by atoms with Crippen LogP contribution in [0.4, 0.5) is 0 Å². The summed E-state index contributed by atoms with van der Waals surface area (Å²) in [7, 11) is 0. The van der Waals surface area contributed by atoms with E-state index >= 15 is 0 Å². The van der Waals surface area contributed by atoms with Gasteiger partial charge in [0.2, 0.25) is 0 Å². The second kappa shape index (κ2) is 4.40. The first-order chi connectivity index (χ1) is 5.66. The molecule has 0 aliphatic heterocycles. The number of aliphatic hydroxyl groups excluding tert-OH is 1. The lowest BCUT2D eigenvalue weighted by Gasteiger charge is -2.29. The number of nitrogens with one attached hydrogen (secondary N) is 1. The van der Waals surface area contributed by atoms with Crippen LogP contribution in [0.25, 0.3) is 0 Å². The van der Waals surface area contributed by atoms with E-state index in [1.807, 2.05) is 13.8 Å². The Morgan fingerprint density at radius 1 is 1.08 bits per heavy atom. The topological polar surface area (TPSA) is 52.5 Å². The molecule has 0 aromatic carbocycles. The van der Waals surface area contributed by atoms with Gasteiger partial charge in [0.1, 0.15) is 0 Å². The molecule has 0 radical (unpaired) electrons. The Kier molecular flexibility index (Phi) is 4.36.